The van der Waals surface area contributed by atoms with Crippen LogP contribution < -0.4 is 4.90 Å². The third-order valence-electron chi connectivity index (χ3n) is 5.58. The fraction of sp³-hybridized carbons (Fsp3) is 0.120. The average molecular weight is 491 g/mol. The van der Waals surface area contributed by atoms with Crippen LogP contribution in [-0.4, -0.2) is 34.9 Å². The van der Waals surface area contributed by atoms with E-state index in [2.05, 4.69) is 4.98 Å². The van der Waals surface area contributed by atoms with Gasteiger partial charge in [-0.3, -0.25) is 14.5 Å². The second-order valence-corrected chi connectivity index (χ2v) is 9.68. The van der Waals surface area contributed by atoms with Crippen molar-refractivity contribution in [2.24, 2.45) is 0 Å². The highest BCUT2D eigenvalue weighted by atomic mass is 32.1. The molecule has 5 rings (SSSR count). The van der Waals surface area contributed by atoms with E-state index in [1.54, 1.807) is 41.8 Å². The Balaban J connectivity index is 1.66. The molecule has 4 aromatic rings. The molecule has 2 aromatic heterocycles. The van der Waals surface area contributed by atoms with Crippen molar-refractivity contribution >= 4 is 55.7 Å². The molecule has 2 aromatic carbocycles. The van der Waals surface area contributed by atoms with Crippen LogP contribution in [-0.2, 0) is 9.53 Å². The third-order valence-corrected chi connectivity index (χ3v) is 7.47. The molecule has 1 unspecified atom stereocenters. The molecule has 0 bridgehead atoms. The lowest BCUT2D eigenvalue weighted by atomic mass is 9.95. The molecular weight excluding hydrogens is 472 g/mol. The van der Waals surface area contributed by atoms with Gasteiger partial charge in [-0.05, 0) is 53.8 Å². The molecule has 1 amide bonds. The number of methoxy groups -OCH3 is 1. The first-order chi connectivity index (χ1) is 16.4. The number of thiazole rings is 1. The van der Waals surface area contributed by atoms with Gasteiger partial charge in [-0.15, -0.1) is 11.3 Å². The molecule has 0 saturated carbocycles. The second-order valence-electron chi connectivity index (χ2n) is 7.73. The summed E-state index contributed by atoms with van der Waals surface area (Å²) in [5.41, 5.74) is 2.64. The highest BCUT2D eigenvalue weighted by Gasteiger charge is 2.46. The fourth-order valence-corrected chi connectivity index (χ4v) is 5.70. The fourth-order valence-electron chi connectivity index (χ4n) is 3.93. The number of aliphatic hydroxyl groups excluding tert-OH is 1. The Morgan fingerprint density at radius 3 is 2.56 bits per heavy atom. The highest BCUT2D eigenvalue weighted by Crippen LogP contribution is 2.44. The van der Waals surface area contributed by atoms with Crippen LogP contribution >= 0.6 is 22.7 Å². The topological polar surface area (TPSA) is 96.8 Å². The molecule has 0 aliphatic carbocycles. The van der Waals surface area contributed by atoms with E-state index in [4.69, 9.17) is 4.74 Å². The first kappa shape index (κ1) is 22.0. The molecule has 0 fully saturated rings. The van der Waals surface area contributed by atoms with Crippen LogP contribution in [0.25, 0.3) is 10.2 Å². The van der Waals surface area contributed by atoms with Gasteiger partial charge in [0.1, 0.15) is 0 Å². The Bertz CT molecular complexity index is 1470. The molecule has 7 nitrogen and oxygen atoms in total. The number of ether oxygens (including phenoxy) is 1. The second kappa shape index (κ2) is 8.51. The van der Waals surface area contributed by atoms with Gasteiger partial charge in [-0.2, -0.15) is 0 Å². The van der Waals surface area contributed by atoms with Crippen LogP contribution in [0.3, 0.4) is 0 Å². The number of aliphatic hydroxyl groups is 1. The SMILES string of the molecule is COC(=O)c1ccc(C2C(C(=O)c3cccs3)=C(O)C(=O)N2c2nc3ccc(C)cc3s2)cc1. The summed E-state index contributed by atoms with van der Waals surface area (Å²) in [6.07, 6.45) is 0. The number of fused-ring (bicyclic) bond motifs is 1. The van der Waals surface area contributed by atoms with Crippen LogP contribution in [0.5, 0.6) is 0 Å². The van der Waals surface area contributed by atoms with Crippen molar-refractivity contribution in [1.82, 2.24) is 4.98 Å². The summed E-state index contributed by atoms with van der Waals surface area (Å²) in [7, 11) is 1.29. The van der Waals surface area contributed by atoms with E-state index >= 15 is 0 Å². The van der Waals surface area contributed by atoms with Crippen LogP contribution in [0.15, 0.2) is 71.3 Å². The van der Waals surface area contributed by atoms with Crippen molar-refractivity contribution in [3.05, 3.63) is 92.9 Å². The number of hydrogen-bond acceptors (Lipinski definition) is 8. The number of rotatable bonds is 5. The number of carbonyl (C=O) groups excluding carboxylic acids is 3. The Kier molecular flexibility index (Phi) is 5.51. The minimum absolute atomic E-state index is 0.0197. The largest absolute Gasteiger partial charge is 0.503 e. The van der Waals surface area contributed by atoms with E-state index in [1.807, 2.05) is 25.1 Å². The smallest absolute Gasteiger partial charge is 0.337 e. The van der Waals surface area contributed by atoms with Gasteiger partial charge in [0.05, 0.1) is 39.4 Å². The summed E-state index contributed by atoms with van der Waals surface area (Å²) in [5, 5.41) is 13.0. The Hall–Kier alpha value is -3.82. The molecule has 0 spiro atoms. The lowest BCUT2D eigenvalue weighted by Gasteiger charge is -2.24. The minimum Gasteiger partial charge on any atom is -0.503 e. The minimum atomic E-state index is -0.907. The van der Waals surface area contributed by atoms with Crippen molar-refractivity contribution < 1.29 is 24.2 Å². The molecule has 34 heavy (non-hydrogen) atoms. The molecule has 1 N–H and O–H groups in total. The number of nitrogens with zero attached hydrogens (tertiary/aromatic N) is 2. The molecular formula is C25H18N2O5S2. The maximum Gasteiger partial charge on any atom is 0.337 e. The molecule has 1 aliphatic heterocycles. The van der Waals surface area contributed by atoms with Gasteiger partial charge < -0.3 is 9.84 Å². The van der Waals surface area contributed by atoms with E-state index in [1.165, 1.54) is 34.7 Å². The van der Waals surface area contributed by atoms with E-state index in [-0.39, 0.29) is 5.57 Å². The van der Waals surface area contributed by atoms with E-state index in [0.717, 1.165) is 15.8 Å². The molecule has 1 atom stereocenters. The maximum absolute atomic E-state index is 13.4. The number of aromatic nitrogens is 1. The summed E-state index contributed by atoms with van der Waals surface area (Å²) in [6.45, 7) is 1.97. The Morgan fingerprint density at radius 2 is 1.88 bits per heavy atom. The lowest BCUT2D eigenvalue weighted by molar-refractivity contribution is -0.117. The van der Waals surface area contributed by atoms with Crippen LogP contribution in [0.1, 0.15) is 37.2 Å². The van der Waals surface area contributed by atoms with Crippen molar-refractivity contribution in [1.29, 1.82) is 0 Å². The van der Waals surface area contributed by atoms with E-state index in [0.29, 0.717) is 21.1 Å². The average Bonchev–Trinajstić information content (AvgIpc) is 3.57. The zero-order valence-electron chi connectivity index (χ0n) is 18.1. The summed E-state index contributed by atoms with van der Waals surface area (Å²) < 4.78 is 5.65. The Labute approximate surface area is 202 Å². The predicted octanol–water partition coefficient (Wildman–Crippen LogP) is 5.24. The van der Waals surface area contributed by atoms with Crippen molar-refractivity contribution in [3.8, 4) is 0 Å². The number of carbonyl (C=O) groups is 3. The standard InChI is InChI=1S/C25H18N2O5S2/c1-13-5-10-16-18(12-13)34-25(26-16)27-20(14-6-8-15(9-7-14)24(31)32-2)19(22(29)23(27)30)21(28)17-4-3-11-33-17/h3-12,20,29H,1-2H3. The summed E-state index contributed by atoms with van der Waals surface area (Å²) in [6, 6.07) is 14.7. The maximum atomic E-state index is 13.4. The summed E-state index contributed by atoms with van der Waals surface area (Å²) in [4.78, 5) is 45.0. The van der Waals surface area contributed by atoms with Gasteiger partial charge in [0, 0.05) is 0 Å². The number of esters is 1. The number of benzene rings is 2. The normalized spacial score (nSPS) is 15.9. The highest BCUT2D eigenvalue weighted by molar-refractivity contribution is 7.22. The number of thiophene rings is 1. The zero-order valence-corrected chi connectivity index (χ0v) is 19.8. The summed E-state index contributed by atoms with van der Waals surface area (Å²) >= 11 is 2.54. The van der Waals surface area contributed by atoms with Gasteiger partial charge in [0.25, 0.3) is 5.91 Å². The molecule has 3 heterocycles. The van der Waals surface area contributed by atoms with Gasteiger partial charge >= 0.3 is 5.97 Å². The number of ketones is 1. The van der Waals surface area contributed by atoms with Crippen LogP contribution in [0.2, 0.25) is 0 Å². The Morgan fingerprint density at radius 1 is 1.12 bits per heavy atom. The molecule has 0 saturated heterocycles. The quantitative estimate of drug-likeness (QED) is 0.304. The number of aryl methyl sites for hydroxylation is 1. The van der Waals surface area contributed by atoms with Gasteiger partial charge in [0.15, 0.2) is 10.9 Å². The van der Waals surface area contributed by atoms with Crippen LogP contribution in [0.4, 0.5) is 5.13 Å². The summed E-state index contributed by atoms with van der Waals surface area (Å²) in [5.74, 6) is -2.23. The monoisotopic (exact) mass is 490 g/mol. The lowest BCUT2D eigenvalue weighted by Crippen LogP contribution is -2.31. The third kappa shape index (κ3) is 3.59. The molecule has 170 valence electrons. The number of amides is 1. The molecule has 0 radical (unpaired) electrons. The van der Waals surface area contributed by atoms with E-state index in [9.17, 15) is 19.5 Å². The van der Waals surface area contributed by atoms with Crippen molar-refractivity contribution in [2.45, 2.75) is 13.0 Å². The zero-order chi connectivity index (χ0) is 24.0. The molecule has 9 heteroatoms. The van der Waals surface area contributed by atoms with Gasteiger partial charge in [-0.1, -0.05) is 35.6 Å². The molecule has 1 aliphatic rings. The van der Waals surface area contributed by atoms with E-state index < -0.39 is 29.5 Å². The van der Waals surface area contributed by atoms with Gasteiger partial charge in [0.2, 0.25) is 5.78 Å². The van der Waals surface area contributed by atoms with Gasteiger partial charge in [-0.25, -0.2) is 9.78 Å². The van der Waals surface area contributed by atoms with Crippen molar-refractivity contribution in [3.63, 3.8) is 0 Å². The number of anilines is 1. The number of Topliss-reactive ketones (excluding diaryl/α,β-unsaturated/α-hetero) is 1. The predicted molar refractivity (Wildman–Crippen MR) is 131 cm³/mol. The van der Waals surface area contributed by atoms with Crippen LogP contribution in [0, 0.1) is 6.92 Å². The number of hydrogen-bond donors (Lipinski definition) is 1. The first-order valence-electron chi connectivity index (χ1n) is 10.3. The van der Waals surface area contributed by atoms with Crippen molar-refractivity contribution in [2.75, 3.05) is 12.0 Å². The first-order valence-corrected chi connectivity index (χ1v) is 12.0.